The van der Waals surface area contributed by atoms with Crippen LogP contribution in [-0.2, 0) is 17.8 Å². The van der Waals surface area contributed by atoms with Crippen LogP contribution in [-0.4, -0.2) is 27.2 Å². The van der Waals surface area contributed by atoms with Gasteiger partial charge in [0.1, 0.15) is 11.9 Å². The van der Waals surface area contributed by atoms with E-state index in [0.717, 1.165) is 31.9 Å². The lowest BCUT2D eigenvalue weighted by atomic mass is 10.1. The molecule has 5 nitrogen and oxygen atoms in total. The average molecular weight is 272 g/mol. The van der Waals surface area contributed by atoms with Crippen molar-refractivity contribution in [3.63, 3.8) is 0 Å². The second-order valence-corrected chi connectivity index (χ2v) is 4.99. The highest BCUT2D eigenvalue weighted by Crippen LogP contribution is 2.28. The lowest BCUT2D eigenvalue weighted by Gasteiger charge is -2.20. The lowest BCUT2D eigenvalue weighted by molar-refractivity contribution is 0.0886. The Morgan fingerprint density at radius 3 is 3.00 bits per heavy atom. The normalized spacial score (nSPS) is 22.2. The predicted octanol–water partition coefficient (Wildman–Crippen LogP) is 1.92. The van der Waals surface area contributed by atoms with E-state index in [4.69, 9.17) is 4.74 Å². The fourth-order valence-electron chi connectivity index (χ4n) is 2.65. The molecule has 1 fully saturated rings. The van der Waals surface area contributed by atoms with Crippen molar-refractivity contribution in [3.05, 3.63) is 48.3 Å². The zero-order chi connectivity index (χ0) is 13.8. The summed E-state index contributed by atoms with van der Waals surface area (Å²) < 4.78 is 8.03. The first-order valence-electron chi connectivity index (χ1n) is 7.13. The first-order valence-corrected chi connectivity index (χ1v) is 7.13. The summed E-state index contributed by atoms with van der Waals surface area (Å²) in [5.41, 5.74) is 1.24. The summed E-state index contributed by atoms with van der Waals surface area (Å²) in [5.74, 6) is 1.03. The van der Waals surface area contributed by atoms with Crippen LogP contribution in [0.5, 0.6) is 0 Å². The van der Waals surface area contributed by atoms with Gasteiger partial charge < -0.3 is 14.6 Å². The van der Waals surface area contributed by atoms with Gasteiger partial charge in [-0.2, -0.15) is 0 Å². The van der Waals surface area contributed by atoms with E-state index in [-0.39, 0.29) is 6.10 Å². The molecule has 5 heteroatoms. The quantitative estimate of drug-likeness (QED) is 0.903. The number of rotatable bonds is 5. The van der Waals surface area contributed by atoms with Crippen molar-refractivity contribution in [3.8, 4) is 0 Å². The fourth-order valence-corrected chi connectivity index (χ4v) is 2.65. The SMILES string of the molecule is CCn1ccnc1[C@H]1OCC[C@@H]1NCc1ccncc1. The van der Waals surface area contributed by atoms with E-state index in [1.165, 1.54) is 5.56 Å². The van der Waals surface area contributed by atoms with Crippen LogP contribution in [0.3, 0.4) is 0 Å². The molecule has 20 heavy (non-hydrogen) atoms. The van der Waals surface area contributed by atoms with Crippen molar-refractivity contribution < 1.29 is 4.74 Å². The third-order valence-electron chi connectivity index (χ3n) is 3.75. The largest absolute Gasteiger partial charge is 0.369 e. The Morgan fingerprint density at radius 2 is 2.20 bits per heavy atom. The van der Waals surface area contributed by atoms with Gasteiger partial charge in [-0.3, -0.25) is 4.98 Å². The Morgan fingerprint density at radius 1 is 1.35 bits per heavy atom. The molecule has 1 aliphatic rings. The van der Waals surface area contributed by atoms with E-state index >= 15 is 0 Å². The van der Waals surface area contributed by atoms with Crippen molar-refractivity contribution in [2.45, 2.75) is 38.6 Å². The number of hydrogen-bond acceptors (Lipinski definition) is 4. The third-order valence-corrected chi connectivity index (χ3v) is 3.75. The molecule has 106 valence electrons. The smallest absolute Gasteiger partial charge is 0.139 e. The molecule has 0 unspecified atom stereocenters. The molecule has 1 saturated heterocycles. The van der Waals surface area contributed by atoms with Crippen LogP contribution in [0, 0.1) is 0 Å². The molecule has 3 heterocycles. The molecule has 3 rings (SSSR count). The molecule has 0 bridgehead atoms. The molecule has 1 aliphatic heterocycles. The van der Waals surface area contributed by atoms with Crippen LogP contribution < -0.4 is 5.32 Å². The standard InChI is InChI=1S/C15H20N4O/c1-2-19-9-8-17-15(19)14-13(5-10-20-14)18-11-12-3-6-16-7-4-12/h3-4,6-9,13-14,18H,2,5,10-11H2,1H3/t13-,14-/m0/s1. The van der Waals surface area contributed by atoms with E-state index in [0.29, 0.717) is 6.04 Å². The number of ether oxygens (including phenoxy) is 1. The summed E-state index contributed by atoms with van der Waals surface area (Å²) in [5, 5.41) is 3.58. The zero-order valence-corrected chi connectivity index (χ0v) is 11.7. The van der Waals surface area contributed by atoms with Gasteiger partial charge in [-0.15, -0.1) is 0 Å². The molecule has 0 spiro atoms. The minimum absolute atomic E-state index is 0.0480. The summed E-state index contributed by atoms with van der Waals surface area (Å²) >= 11 is 0. The maximum atomic E-state index is 5.88. The molecule has 0 amide bonds. The van der Waals surface area contributed by atoms with Gasteiger partial charge in [0.05, 0.1) is 0 Å². The van der Waals surface area contributed by atoms with Gasteiger partial charge in [0.2, 0.25) is 0 Å². The summed E-state index contributed by atoms with van der Waals surface area (Å²) in [4.78, 5) is 8.50. The highest BCUT2D eigenvalue weighted by Gasteiger charge is 2.32. The summed E-state index contributed by atoms with van der Waals surface area (Å²) in [6.07, 6.45) is 8.57. The molecule has 0 radical (unpaired) electrons. The Bertz CT molecular complexity index is 540. The number of hydrogen-bond donors (Lipinski definition) is 1. The van der Waals surface area contributed by atoms with Gasteiger partial charge >= 0.3 is 0 Å². The minimum atomic E-state index is 0.0480. The third kappa shape index (κ3) is 2.73. The van der Waals surface area contributed by atoms with Gasteiger partial charge in [0, 0.05) is 50.5 Å². The molecule has 1 N–H and O–H groups in total. The maximum absolute atomic E-state index is 5.88. The Balaban J connectivity index is 1.67. The van der Waals surface area contributed by atoms with Crippen molar-refractivity contribution in [1.82, 2.24) is 19.9 Å². The lowest BCUT2D eigenvalue weighted by Crippen LogP contribution is -2.32. The molecule has 0 aromatic carbocycles. The van der Waals surface area contributed by atoms with Crippen molar-refractivity contribution >= 4 is 0 Å². The summed E-state index contributed by atoms with van der Waals surface area (Å²) in [7, 11) is 0. The minimum Gasteiger partial charge on any atom is -0.369 e. The molecular formula is C15H20N4O. The number of aromatic nitrogens is 3. The second-order valence-electron chi connectivity index (χ2n) is 4.99. The van der Waals surface area contributed by atoms with Gasteiger partial charge in [0.25, 0.3) is 0 Å². The maximum Gasteiger partial charge on any atom is 0.139 e. The number of nitrogens with one attached hydrogen (secondary N) is 1. The first kappa shape index (κ1) is 13.3. The van der Waals surface area contributed by atoms with E-state index in [9.17, 15) is 0 Å². The Labute approximate surface area is 119 Å². The number of imidazole rings is 1. The summed E-state index contributed by atoms with van der Waals surface area (Å²) in [6, 6.07) is 4.38. The molecule has 2 atom stereocenters. The monoisotopic (exact) mass is 272 g/mol. The number of aryl methyl sites for hydroxylation is 1. The highest BCUT2D eigenvalue weighted by molar-refractivity contribution is 5.10. The van der Waals surface area contributed by atoms with Crippen LogP contribution in [0.15, 0.2) is 36.9 Å². The molecule has 2 aromatic rings. The molecular weight excluding hydrogens is 252 g/mol. The topological polar surface area (TPSA) is 52.0 Å². The van der Waals surface area contributed by atoms with E-state index < -0.39 is 0 Å². The van der Waals surface area contributed by atoms with Crippen molar-refractivity contribution in [2.24, 2.45) is 0 Å². The Hall–Kier alpha value is -1.72. The van der Waals surface area contributed by atoms with Gasteiger partial charge in [0.15, 0.2) is 0 Å². The number of nitrogens with zero attached hydrogens (tertiary/aromatic N) is 3. The zero-order valence-electron chi connectivity index (χ0n) is 11.7. The molecule has 0 saturated carbocycles. The van der Waals surface area contributed by atoms with Crippen molar-refractivity contribution in [2.75, 3.05) is 6.61 Å². The van der Waals surface area contributed by atoms with Crippen LogP contribution in [0.25, 0.3) is 0 Å². The van der Waals surface area contributed by atoms with Crippen LogP contribution >= 0.6 is 0 Å². The van der Waals surface area contributed by atoms with E-state index in [2.05, 4.69) is 26.8 Å². The van der Waals surface area contributed by atoms with Gasteiger partial charge in [-0.1, -0.05) is 0 Å². The van der Waals surface area contributed by atoms with E-state index in [1.807, 2.05) is 36.9 Å². The Kier molecular flexibility index (Phi) is 4.08. The predicted molar refractivity (Wildman–Crippen MR) is 76.1 cm³/mol. The van der Waals surface area contributed by atoms with Crippen LogP contribution in [0.4, 0.5) is 0 Å². The first-order chi connectivity index (χ1) is 9.88. The van der Waals surface area contributed by atoms with E-state index in [1.54, 1.807) is 0 Å². The highest BCUT2D eigenvalue weighted by atomic mass is 16.5. The second kappa shape index (κ2) is 6.15. The van der Waals surface area contributed by atoms with Crippen LogP contribution in [0.1, 0.15) is 30.8 Å². The van der Waals surface area contributed by atoms with Crippen LogP contribution in [0.2, 0.25) is 0 Å². The van der Waals surface area contributed by atoms with Crippen molar-refractivity contribution in [1.29, 1.82) is 0 Å². The number of pyridine rings is 1. The fraction of sp³-hybridized carbons (Fsp3) is 0.467. The average Bonchev–Trinajstić information content (AvgIpc) is 3.14. The van der Waals surface area contributed by atoms with Gasteiger partial charge in [-0.05, 0) is 31.0 Å². The molecule has 2 aromatic heterocycles. The van der Waals surface area contributed by atoms with Gasteiger partial charge in [-0.25, -0.2) is 4.98 Å². The molecule has 0 aliphatic carbocycles. The summed E-state index contributed by atoms with van der Waals surface area (Å²) in [6.45, 7) is 4.67.